The van der Waals surface area contributed by atoms with E-state index in [-0.39, 0.29) is 28.0 Å². The summed E-state index contributed by atoms with van der Waals surface area (Å²) in [6.45, 7) is 6.19. The third-order valence-corrected chi connectivity index (χ3v) is 6.25. The molecule has 2 fully saturated rings. The van der Waals surface area contributed by atoms with Gasteiger partial charge in [0.1, 0.15) is 5.60 Å². The highest BCUT2D eigenvalue weighted by Gasteiger charge is 2.65. The molecule has 1 aromatic carbocycles. The molecule has 2 saturated carbocycles. The number of hydrogen-bond acceptors (Lipinski definition) is 9. The number of methoxy groups -OCH3 is 1. The van der Waals surface area contributed by atoms with Crippen molar-refractivity contribution in [3.63, 3.8) is 0 Å². The van der Waals surface area contributed by atoms with Crippen LogP contribution in [0.3, 0.4) is 0 Å². The number of rotatable bonds is 5. The van der Waals surface area contributed by atoms with Gasteiger partial charge in [-0.1, -0.05) is 13.8 Å². The van der Waals surface area contributed by atoms with Crippen molar-refractivity contribution in [3.05, 3.63) is 34.2 Å². The Kier molecular flexibility index (Phi) is 4.86. The molecule has 0 heterocycles. The minimum atomic E-state index is -0.871. The second-order valence-corrected chi connectivity index (χ2v) is 8.19. The van der Waals surface area contributed by atoms with Crippen molar-refractivity contribution < 1.29 is 24.7 Å². The lowest BCUT2D eigenvalue weighted by Gasteiger charge is -2.40. The van der Waals surface area contributed by atoms with E-state index < -0.39 is 22.5 Å². The van der Waals surface area contributed by atoms with E-state index in [0.29, 0.717) is 18.3 Å². The fourth-order valence-corrected chi connectivity index (χ4v) is 4.44. The van der Waals surface area contributed by atoms with Gasteiger partial charge in [0, 0.05) is 12.8 Å². The van der Waals surface area contributed by atoms with Gasteiger partial charge in [0.15, 0.2) is 0 Å². The summed E-state index contributed by atoms with van der Waals surface area (Å²) in [6, 6.07) is 3.11. The zero-order chi connectivity index (χ0) is 20.1. The second-order valence-electron chi connectivity index (χ2n) is 8.19. The average Bonchev–Trinajstić information content (AvgIpc) is 3.11. The number of esters is 1. The van der Waals surface area contributed by atoms with Crippen LogP contribution in [0.15, 0.2) is 18.2 Å². The second kappa shape index (κ2) is 6.61. The molecule has 0 bridgehead atoms. The molecule has 0 aromatic heterocycles. The molecule has 150 valence electrons. The van der Waals surface area contributed by atoms with Gasteiger partial charge in [-0.15, -0.1) is 5.23 Å². The summed E-state index contributed by atoms with van der Waals surface area (Å²) in [5.74, 6) is 0.173. The molecule has 0 amide bonds. The van der Waals surface area contributed by atoms with E-state index in [2.05, 4.69) is 13.8 Å². The third kappa shape index (κ3) is 3.48. The predicted molar refractivity (Wildman–Crippen MR) is 96.3 cm³/mol. The Bertz CT molecular complexity index is 710. The molecule has 0 unspecified atom stereocenters. The lowest BCUT2D eigenvalue weighted by atomic mass is 9.83. The Morgan fingerprint density at radius 1 is 1.15 bits per heavy atom. The van der Waals surface area contributed by atoms with Crippen LogP contribution in [0.4, 0.5) is 11.4 Å². The highest BCUT2D eigenvalue weighted by Crippen LogP contribution is 2.67. The molecule has 2 aliphatic rings. The molecule has 0 spiro atoms. The molecule has 0 aliphatic heterocycles. The van der Waals surface area contributed by atoms with E-state index in [0.717, 1.165) is 24.6 Å². The number of ether oxygens (including phenoxy) is 2. The largest absolute Gasteiger partial charge is 0.769 e. The van der Waals surface area contributed by atoms with Crippen molar-refractivity contribution in [1.29, 1.82) is 0 Å². The van der Waals surface area contributed by atoms with E-state index in [1.54, 1.807) is 7.11 Å². The van der Waals surface area contributed by atoms with Crippen molar-refractivity contribution >= 4 is 17.3 Å². The highest BCUT2D eigenvalue weighted by atomic mass is 16.8. The number of benzene rings is 1. The van der Waals surface area contributed by atoms with Crippen LogP contribution in [0, 0.1) is 27.7 Å². The van der Waals surface area contributed by atoms with Crippen molar-refractivity contribution in [2.75, 3.05) is 17.6 Å². The Balaban J connectivity index is 1.86. The van der Waals surface area contributed by atoms with Crippen molar-refractivity contribution in [2.45, 2.75) is 45.3 Å². The molecule has 2 N–H and O–H groups in total. The summed E-state index contributed by atoms with van der Waals surface area (Å²) in [5, 5.41) is 39.5. The maximum atomic E-state index is 12.7. The Morgan fingerprint density at radius 2 is 1.78 bits per heavy atom. The molecular formula is C18H24N2O7-2. The van der Waals surface area contributed by atoms with Gasteiger partial charge in [0.25, 0.3) is 0 Å². The molecule has 27 heavy (non-hydrogen) atoms. The van der Waals surface area contributed by atoms with Gasteiger partial charge >= 0.3 is 5.97 Å². The SMILES string of the molecule is CO[C@@H]1C[C@H]2[C@@H](C[C@@]1(C)OC(=O)c1cc(N([O-])[O-])cc(N(O)O)c1)C2(C)C. The molecule has 0 saturated heterocycles. The fraction of sp³-hybridized carbons (Fsp3) is 0.611. The summed E-state index contributed by atoms with van der Waals surface area (Å²) < 4.78 is 11.3. The van der Waals surface area contributed by atoms with E-state index in [9.17, 15) is 25.6 Å². The number of fused-ring (bicyclic) bond motifs is 1. The van der Waals surface area contributed by atoms with Gasteiger partial charge < -0.3 is 25.1 Å². The fourth-order valence-electron chi connectivity index (χ4n) is 4.44. The van der Waals surface area contributed by atoms with Crippen molar-refractivity contribution in [1.82, 2.24) is 0 Å². The Hall–Kier alpha value is -1.91. The number of carbonyl (C=O) groups is 1. The number of anilines is 2. The van der Waals surface area contributed by atoms with E-state index >= 15 is 0 Å². The summed E-state index contributed by atoms with van der Waals surface area (Å²) in [7, 11) is 1.58. The number of hydrogen-bond donors (Lipinski definition) is 2. The molecule has 2 aliphatic carbocycles. The quantitative estimate of drug-likeness (QED) is 0.585. The number of carbonyl (C=O) groups excluding carboxylic acids is 1. The molecule has 9 heteroatoms. The van der Waals surface area contributed by atoms with Gasteiger partial charge in [-0.2, -0.15) is 0 Å². The van der Waals surface area contributed by atoms with Crippen LogP contribution < -0.4 is 10.5 Å². The first-order valence-electron chi connectivity index (χ1n) is 8.73. The molecule has 3 rings (SSSR count). The van der Waals surface area contributed by atoms with Crippen LogP contribution in [0.5, 0.6) is 0 Å². The summed E-state index contributed by atoms with van der Waals surface area (Å²) in [5.41, 5.74) is -1.59. The topological polar surface area (TPSA) is 129 Å². The smallest absolute Gasteiger partial charge is 0.338 e. The van der Waals surface area contributed by atoms with Crippen molar-refractivity contribution in [3.8, 4) is 0 Å². The standard InChI is InChI=1S/C18H24N2O7/c1-17(2)13-8-15(26-4)18(3,9-14(13)17)27-16(21)10-5-11(19(22)23)7-12(6-10)20(24)25/h5-7,13-15,22-23H,8-9H2,1-4H3/q-2/t13-,14+,15+,18+/m0/s1. The lowest BCUT2D eigenvalue weighted by Crippen LogP contribution is -2.47. The number of nitrogens with zero attached hydrogens (tertiary/aromatic N) is 2. The molecule has 1 aromatic rings. The zero-order valence-corrected chi connectivity index (χ0v) is 15.7. The molecular weight excluding hydrogens is 356 g/mol. The zero-order valence-electron chi connectivity index (χ0n) is 15.7. The summed E-state index contributed by atoms with van der Waals surface area (Å²) in [6.07, 6.45) is 1.14. The monoisotopic (exact) mass is 380 g/mol. The summed E-state index contributed by atoms with van der Waals surface area (Å²) >= 11 is 0. The Morgan fingerprint density at radius 3 is 2.33 bits per heavy atom. The van der Waals surface area contributed by atoms with Crippen LogP contribution in [0.2, 0.25) is 0 Å². The van der Waals surface area contributed by atoms with Gasteiger partial charge in [0.05, 0.1) is 17.4 Å². The van der Waals surface area contributed by atoms with E-state index in [1.807, 2.05) is 6.92 Å². The Labute approximate surface area is 157 Å². The first-order valence-corrected chi connectivity index (χ1v) is 8.73. The van der Waals surface area contributed by atoms with Crippen LogP contribution in [-0.4, -0.2) is 35.2 Å². The maximum Gasteiger partial charge on any atom is 0.338 e. The predicted octanol–water partition coefficient (Wildman–Crippen LogP) is 3.07. The van der Waals surface area contributed by atoms with Crippen LogP contribution >= 0.6 is 0 Å². The molecule has 4 atom stereocenters. The third-order valence-electron chi connectivity index (χ3n) is 6.25. The first kappa shape index (κ1) is 19.8. The molecule has 0 radical (unpaired) electrons. The van der Waals surface area contributed by atoms with Gasteiger partial charge in [-0.25, -0.2) is 4.79 Å². The van der Waals surface area contributed by atoms with Crippen LogP contribution in [0.1, 0.15) is 44.0 Å². The van der Waals surface area contributed by atoms with Gasteiger partial charge in [0.2, 0.25) is 0 Å². The van der Waals surface area contributed by atoms with Crippen molar-refractivity contribution in [2.24, 2.45) is 17.3 Å². The van der Waals surface area contributed by atoms with Gasteiger partial charge in [-0.3, -0.25) is 10.4 Å². The minimum Gasteiger partial charge on any atom is -0.769 e. The van der Waals surface area contributed by atoms with Crippen LogP contribution in [-0.2, 0) is 9.47 Å². The van der Waals surface area contributed by atoms with Crippen LogP contribution in [0.25, 0.3) is 0 Å². The van der Waals surface area contributed by atoms with Gasteiger partial charge in [-0.05, 0) is 55.2 Å². The lowest BCUT2D eigenvalue weighted by molar-refractivity contribution is -0.116. The van der Waals surface area contributed by atoms with E-state index in [1.165, 1.54) is 0 Å². The minimum absolute atomic E-state index is 0.138. The maximum absolute atomic E-state index is 12.7. The summed E-state index contributed by atoms with van der Waals surface area (Å²) in [4.78, 5) is 12.7. The van der Waals surface area contributed by atoms with E-state index in [4.69, 9.17) is 9.47 Å². The normalized spacial score (nSPS) is 31.0. The first-order chi connectivity index (χ1) is 12.5. The molecule has 9 nitrogen and oxygen atoms in total. The average molecular weight is 380 g/mol. The highest BCUT2D eigenvalue weighted by molar-refractivity contribution is 5.92.